The molecule has 3 heteroatoms. The SMILES string of the molecule is C[C@H](CCC(=O)OS)[C@H]1CC[C@H]2[C@@H]3CC[C@@H]4CCCC[C@]4(C)[C@H]3CC[C@]12C. The van der Waals surface area contributed by atoms with Crippen LogP contribution in [0.3, 0.4) is 0 Å². The molecule has 0 radical (unpaired) electrons. The van der Waals surface area contributed by atoms with Crippen LogP contribution >= 0.6 is 12.9 Å². The van der Waals surface area contributed by atoms with Crippen LogP contribution in [0.4, 0.5) is 0 Å². The van der Waals surface area contributed by atoms with Crippen LogP contribution in [0.1, 0.15) is 97.8 Å². The third kappa shape index (κ3) is 3.28. The van der Waals surface area contributed by atoms with Crippen molar-refractivity contribution in [3.8, 4) is 0 Å². The van der Waals surface area contributed by atoms with Gasteiger partial charge in [-0.3, -0.25) is 4.79 Å². The molecule has 0 bridgehead atoms. The minimum Gasteiger partial charge on any atom is -0.395 e. The number of thiol groups is 1. The molecule has 27 heavy (non-hydrogen) atoms. The van der Waals surface area contributed by atoms with Crippen LogP contribution in [0.25, 0.3) is 0 Å². The lowest BCUT2D eigenvalue weighted by Crippen LogP contribution is -2.53. The molecule has 4 aliphatic carbocycles. The zero-order chi connectivity index (χ0) is 19.2. The van der Waals surface area contributed by atoms with Gasteiger partial charge >= 0.3 is 5.97 Å². The highest BCUT2D eigenvalue weighted by Gasteiger charge is 2.60. The van der Waals surface area contributed by atoms with Gasteiger partial charge in [0.15, 0.2) is 0 Å². The highest BCUT2D eigenvalue weighted by molar-refractivity contribution is 7.75. The molecule has 154 valence electrons. The molecular weight excluding hydrogens is 352 g/mol. The lowest BCUT2D eigenvalue weighted by molar-refractivity contribution is -0.133. The third-order valence-electron chi connectivity index (χ3n) is 10.2. The van der Waals surface area contributed by atoms with Crippen molar-refractivity contribution < 1.29 is 8.98 Å². The second-order valence-corrected chi connectivity index (χ2v) is 11.3. The van der Waals surface area contributed by atoms with E-state index in [4.69, 9.17) is 0 Å². The molecule has 0 aromatic rings. The van der Waals surface area contributed by atoms with E-state index in [1.165, 1.54) is 64.2 Å². The fourth-order valence-electron chi connectivity index (χ4n) is 8.86. The molecule has 4 rings (SSSR count). The van der Waals surface area contributed by atoms with Crippen molar-refractivity contribution in [2.75, 3.05) is 0 Å². The van der Waals surface area contributed by atoms with Crippen LogP contribution in [0.5, 0.6) is 0 Å². The van der Waals surface area contributed by atoms with E-state index < -0.39 is 0 Å². The van der Waals surface area contributed by atoms with E-state index in [2.05, 4.69) is 37.9 Å². The molecular formula is C24H40O2S. The quantitative estimate of drug-likeness (QED) is 0.419. The molecule has 8 atom stereocenters. The van der Waals surface area contributed by atoms with Gasteiger partial charge in [-0.05, 0) is 104 Å². The number of hydrogen-bond acceptors (Lipinski definition) is 3. The summed E-state index contributed by atoms with van der Waals surface area (Å²) >= 11 is 3.67. The van der Waals surface area contributed by atoms with Gasteiger partial charge in [0.25, 0.3) is 0 Å². The molecule has 0 N–H and O–H groups in total. The Morgan fingerprint density at radius 3 is 2.56 bits per heavy atom. The standard InChI is InChI=1S/C24H40O2S/c1-16(7-12-22(25)26-27)19-10-11-20-18-9-8-17-6-4-5-14-23(17,2)21(18)13-15-24(19,20)3/h16-21,27H,4-15H2,1-3H3/t16-,17+,18+,19-,20+,21+,23+,24-/m1/s1. The lowest BCUT2D eigenvalue weighted by Gasteiger charge is -2.61. The predicted octanol–water partition coefficient (Wildman–Crippen LogP) is 6.84. The molecule has 4 aliphatic rings. The van der Waals surface area contributed by atoms with Gasteiger partial charge in [0.2, 0.25) is 0 Å². The minimum atomic E-state index is -0.169. The average Bonchev–Trinajstić information content (AvgIpc) is 3.02. The molecule has 4 saturated carbocycles. The monoisotopic (exact) mass is 392 g/mol. The minimum absolute atomic E-state index is 0.169. The number of carbonyl (C=O) groups is 1. The molecule has 0 saturated heterocycles. The lowest BCUT2D eigenvalue weighted by atomic mass is 9.44. The van der Waals surface area contributed by atoms with Crippen molar-refractivity contribution in [3.63, 3.8) is 0 Å². The first-order valence-electron chi connectivity index (χ1n) is 11.7. The molecule has 0 aliphatic heterocycles. The summed E-state index contributed by atoms with van der Waals surface area (Å²) in [5.41, 5.74) is 1.14. The van der Waals surface area contributed by atoms with Crippen LogP contribution in [0, 0.1) is 46.3 Å². The van der Waals surface area contributed by atoms with E-state index >= 15 is 0 Å². The summed E-state index contributed by atoms with van der Waals surface area (Å²) in [6, 6.07) is 0. The van der Waals surface area contributed by atoms with Crippen LogP contribution in [-0.2, 0) is 8.98 Å². The molecule has 0 aromatic heterocycles. The number of carbonyl (C=O) groups excluding carboxylic acids is 1. The number of rotatable bonds is 4. The summed E-state index contributed by atoms with van der Waals surface area (Å²) < 4.78 is 4.58. The Morgan fingerprint density at radius 2 is 1.78 bits per heavy atom. The van der Waals surface area contributed by atoms with E-state index in [0.717, 1.165) is 36.0 Å². The maximum absolute atomic E-state index is 11.6. The predicted molar refractivity (Wildman–Crippen MR) is 113 cm³/mol. The average molecular weight is 393 g/mol. The van der Waals surface area contributed by atoms with Gasteiger partial charge in [0, 0.05) is 19.3 Å². The van der Waals surface area contributed by atoms with Crippen LogP contribution in [0.2, 0.25) is 0 Å². The Balaban J connectivity index is 1.49. The molecule has 0 unspecified atom stereocenters. The van der Waals surface area contributed by atoms with Crippen LogP contribution < -0.4 is 0 Å². The van der Waals surface area contributed by atoms with Crippen molar-refractivity contribution in [2.24, 2.45) is 46.3 Å². The second-order valence-electron chi connectivity index (χ2n) is 11.1. The van der Waals surface area contributed by atoms with Gasteiger partial charge in [-0.1, -0.05) is 33.6 Å². The van der Waals surface area contributed by atoms with E-state index in [9.17, 15) is 4.79 Å². The Kier molecular flexibility index (Phi) is 5.64. The Labute approximate surface area is 172 Å². The van der Waals surface area contributed by atoms with E-state index in [-0.39, 0.29) is 5.97 Å². The van der Waals surface area contributed by atoms with E-state index in [1.54, 1.807) is 0 Å². The van der Waals surface area contributed by atoms with Gasteiger partial charge in [-0.15, -0.1) is 0 Å². The summed E-state index contributed by atoms with van der Waals surface area (Å²) in [4.78, 5) is 11.6. The molecule has 0 heterocycles. The number of fused-ring (bicyclic) bond motifs is 5. The van der Waals surface area contributed by atoms with Gasteiger partial charge in [0.1, 0.15) is 0 Å². The smallest absolute Gasteiger partial charge is 0.317 e. The largest absolute Gasteiger partial charge is 0.395 e. The van der Waals surface area contributed by atoms with Gasteiger partial charge < -0.3 is 4.18 Å². The third-order valence-corrected chi connectivity index (χ3v) is 10.5. The zero-order valence-corrected chi connectivity index (χ0v) is 18.6. The van der Waals surface area contributed by atoms with Crippen LogP contribution in [-0.4, -0.2) is 5.97 Å². The highest BCUT2D eigenvalue weighted by atomic mass is 32.1. The first-order valence-corrected chi connectivity index (χ1v) is 12.1. The Morgan fingerprint density at radius 1 is 1.00 bits per heavy atom. The summed E-state index contributed by atoms with van der Waals surface area (Å²) in [6.07, 6.45) is 16.1. The van der Waals surface area contributed by atoms with Gasteiger partial charge in [-0.2, -0.15) is 0 Å². The Bertz CT molecular complexity index is 563. The molecule has 0 aromatic carbocycles. The summed E-state index contributed by atoms with van der Waals surface area (Å²) in [5.74, 6) is 5.14. The van der Waals surface area contributed by atoms with E-state index in [1.807, 2.05) is 0 Å². The van der Waals surface area contributed by atoms with Gasteiger partial charge in [0.05, 0.1) is 0 Å². The first-order chi connectivity index (χ1) is 12.9. The fraction of sp³-hybridized carbons (Fsp3) is 0.958. The molecule has 2 nitrogen and oxygen atoms in total. The van der Waals surface area contributed by atoms with Crippen LogP contribution in [0.15, 0.2) is 0 Å². The van der Waals surface area contributed by atoms with Crippen molar-refractivity contribution >= 4 is 18.9 Å². The van der Waals surface area contributed by atoms with Gasteiger partial charge in [-0.25, -0.2) is 0 Å². The van der Waals surface area contributed by atoms with Crippen molar-refractivity contribution in [1.29, 1.82) is 0 Å². The molecule has 0 amide bonds. The fourth-order valence-corrected chi connectivity index (χ4v) is 8.95. The van der Waals surface area contributed by atoms with Crippen molar-refractivity contribution in [3.05, 3.63) is 0 Å². The summed E-state index contributed by atoms with van der Waals surface area (Å²) in [6.45, 7) is 7.68. The topological polar surface area (TPSA) is 26.3 Å². The van der Waals surface area contributed by atoms with E-state index in [0.29, 0.717) is 23.2 Å². The number of hydrogen-bond donors (Lipinski definition) is 1. The summed E-state index contributed by atoms with van der Waals surface area (Å²) in [5, 5.41) is 0. The Hall–Kier alpha value is -0.180. The van der Waals surface area contributed by atoms with Crippen molar-refractivity contribution in [1.82, 2.24) is 0 Å². The molecule has 4 fully saturated rings. The normalized spacial score (nSPS) is 47.5. The summed E-state index contributed by atoms with van der Waals surface area (Å²) in [7, 11) is 0. The first kappa shape index (κ1) is 20.1. The highest BCUT2D eigenvalue weighted by Crippen LogP contribution is 2.68. The maximum atomic E-state index is 11.6. The second kappa shape index (κ2) is 7.58. The zero-order valence-electron chi connectivity index (χ0n) is 17.7. The van der Waals surface area contributed by atoms with Crippen molar-refractivity contribution in [2.45, 2.75) is 97.8 Å². The maximum Gasteiger partial charge on any atom is 0.317 e. The molecule has 0 spiro atoms.